The van der Waals surface area contributed by atoms with E-state index in [4.69, 9.17) is 23.7 Å². The zero-order chi connectivity index (χ0) is 60.3. The van der Waals surface area contributed by atoms with Crippen LogP contribution in [0.1, 0.15) is 290 Å². The van der Waals surface area contributed by atoms with Crippen LogP contribution in [0.3, 0.4) is 0 Å². The maximum Gasteiger partial charge on any atom is 0.335 e. The highest BCUT2D eigenvalue weighted by atomic mass is 16.7. The lowest BCUT2D eigenvalue weighted by Gasteiger charge is -2.40. The van der Waals surface area contributed by atoms with E-state index >= 15 is 0 Å². The van der Waals surface area contributed by atoms with E-state index in [1.807, 2.05) is 0 Å². The fourth-order valence-electron chi connectivity index (χ4n) is 9.80. The van der Waals surface area contributed by atoms with Crippen LogP contribution in [0.25, 0.3) is 0 Å². The number of carbonyl (C=O) groups excluding carboxylic acids is 3. The van der Waals surface area contributed by atoms with E-state index in [1.165, 1.54) is 89.9 Å². The summed E-state index contributed by atoms with van der Waals surface area (Å²) in [6, 6.07) is 0. The molecule has 1 fully saturated rings. The zero-order valence-electron chi connectivity index (χ0n) is 52.7. The van der Waals surface area contributed by atoms with Crippen molar-refractivity contribution in [3.8, 4) is 0 Å². The Morgan fingerprint density at radius 1 is 0.410 bits per heavy atom. The monoisotopic (exact) mass is 1160 g/mol. The van der Waals surface area contributed by atoms with Gasteiger partial charge in [0, 0.05) is 19.3 Å². The highest BCUT2D eigenvalue weighted by molar-refractivity contribution is 5.74. The first kappa shape index (κ1) is 76.9. The normalized spacial score (nSPS) is 18.1. The van der Waals surface area contributed by atoms with Crippen LogP contribution < -0.4 is 0 Å². The lowest BCUT2D eigenvalue weighted by Crippen LogP contribution is -2.61. The van der Waals surface area contributed by atoms with E-state index in [-0.39, 0.29) is 25.9 Å². The first-order valence-corrected chi connectivity index (χ1v) is 33.6. The minimum Gasteiger partial charge on any atom is -0.479 e. The van der Waals surface area contributed by atoms with Gasteiger partial charge in [0.1, 0.15) is 18.8 Å². The number of carboxylic acid groups (broad SMARTS) is 1. The zero-order valence-corrected chi connectivity index (χ0v) is 52.7. The molecule has 476 valence electrons. The predicted octanol–water partition coefficient (Wildman–Crippen LogP) is 18.2. The first-order chi connectivity index (χ1) is 40.6. The summed E-state index contributed by atoms with van der Waals surface area (Å²) in [5, 5.41) is 31.6. The molecule has 1 saturated heterocycles. The van der Waals surface area contributed by atoms with Gasteiger partial charge >= 0.3 is 23.9 Å². The Kier molecular flexibility index (Phi) is 54.0. The van der Waals surface area contributed by atoms with E-state index in [0.29, 0.717) is 19.3 Å². The van der Waals surface area contributed by atoms with Gasteiger partial charge in [-0.1, -0.05) is 241 Å². The molecule has 1 rings (SSSR count). The predicted molar refractivity (Wildman–Crippen MR) is 340 cm³/mol. The van der Waals surface area contributed by atoms with Crippen LogP contribution in [0.5, 0.6) is 0 Å². The van der Waals surface area contributed by atoms with Gasteiger partial charge in [-0.05, 0) is 116 Å². The highest BCUT2D eigenvalue weighted by Crippen LogP contribution is 2.27. The average Bonchev–Trinajstić information content (AvgIpc) is 3.58. The van der Waals surface area contributed by atoms with Crippen LogP contribution >= 0.6 is 0 Å². The Bertz CT molecular complexity index is 1760. The smallest absolute Gasteiger partial charge is 0.335 e. The molecule has 0 aromatic carbocycles. The Hall–Kier alpha value is -4.10. The Balaban J connectivity index is 2.67. The molecule has 3 N–H and O–H groups in total. The van der Waals surface area contributed by atoms with Gasteiger partial charge in [0.05, 0.1) is 6.61 Å². The van der Waals surface area contributed by atoms with Crippen LogP contribution in [0.4, 0.5) is 0 Å². The van der Waals surface area contributed by atoms with E-state index in [0.717, 1.165) is 141 Å². The fourth-order valence-corrected chi connectivity index (χ4v) is 9.80. The van der Waals surface area contributed by atoms with Crippen molar-refractivity contribution in [2.45, 2.75) is 327 Å². The van der Waals surface area contributed by atoms with Crippen molar-refractivity contribution in [2.24, 2.45) is 0 Å². The van der Waals surface area contributed by atoms with Crippen molar-refractivity contribution < 1.29 is 58.2 Å². The highest BCUT2D eigenvalue weighted by Gasteiger charge is 2.50. The summed E-state index contributed by atoms with van der Waals surface area (Å²) in [6.45, 7) is 5.86. The molecule has 0 aromatic heterocycles. The van der Waals surface area contributed by atoms with Crippen LogP contribution in [0, 0.1) is 0 Å². The van der Waals surface area contributed by atoms with E-state index in [2.05, 4.69) is 106 Å². The van der Waals surface area contributed by atoms with E-state index < -0.39 is 67.3 Å². The maximum atomic E-state index is 13.2. The second-order valence-corrected chi connectivity index (χ2v) is 22.7. The molecule has 1 heterocycles. The molecule has 83 heavy (non-hydrogen) atoms. The number of hydrogen-bond acceptors (Lipinski definition) is 11. The van der Waals surface area contributed by atoms with Crippen molar-refractivity contribution in [1.82, 2.24) is 0 Å². The molecule has 6 unspecified atom stereocenters. The molecule has 6 atom stereocenters. The molecule has 12 nitrogen and oxygen atoms in total. The van der Waals surface area contributed by atoms with Crippen LogP contribution in [-0.2, 0) is 42.9 Å². The van der Waals surface area contributed by atoms with Gasteiger partial charge in [0.25, 0.3) is 0 Å². The summed E-state index contributed by atoms with van der Waals surface area (Å²) in [5.41, 5.74) is 0. The van der Waals surface area contributed by atoms with Crippen molar-refractivity contribution in [1.29, 1.82) is 0 Å². The second-order valence-electron chi connectivity index (χ2n) is 22.7. The third kappa shape index (κ3) is 47.8. The number of ether oxygens (including phenoxy) is 5. The van der Waals surface area contributed by atoms with E-state index in [1.54, 1.807) is 0 Å². The number of esters is 3. The molecule has 0 spiro atoms. The van der Waals surface area contributed by atoms with Gasteiger partial charge in [0.15, 0.2) is 24.6 Å². The van der Waals surface area contributed by atoms with Crippen LogP contribution in [0.2, 0.25) is 0 Å². The van der Waals surface area contributed by atoms with Crippen molar-refractivity contribution in [3.05, 3.63) is 85.1 Å². The lowest BCUT2D eigenvalue weighted by atomic mass is 9.98. The van der Waals surface area contributed by atoms with Gasteiger partial charge in [-0.2, -0.15) is 0 Å². The van der Waals surface area contributed by atoms with Gasteiger partial charge in [0.2, 0.25) is 0 Å². The molecule has 0 aromatic rings. The van der Waals surface area contributed by atoms with Gasteiger partial charge in [-0.15, -0.1) is 0 Å². The summed E-state index contributed by atoms with van der Waals surface area (Å²) in [5.74, 6) is -3.14. The number of aliphatic hydroxyl groups excluding tert-OH is 2. The summed E-state index contributed by atoms with van der Waals surface area (Å²) in [6.07, 6.45) is 63.9. The largest absolute Gasteiger partial charge is 0.479 e. The summed E-state index contributed by atoms with van der Waals surface area (Å²) in [7, 11) is 0. The molecule has 0 radical (unpaired) electrons. The summed E-state index contributed by atoms with van der Waals surface area (Å²) < 4.78 is 28.6. The minimum atomic E-state index is -1.91. The van der Waals surface area contributed by atoms with Gasteiger partial charge < -0.3 is 39.0 Å². The van der Waals surface area contributed by atoms with Crippen LogP contribution in [-0.4, -0.2) is 89.2 Å². The Labute approximate surface area is 505 Å². The lowest BCUT2D eigenvalue weighted by molar-refractivity contribution is -0.301. The van der Waals surface area contributed by atoms with Crippen LogP contribution in [0.15, 0.2) is 85.1 Å². The summed E-state index contributed by atoms with van der Waals surface area (Å²) >= 11 is 0. The third-order valence-electron chi connectivity index (χ3n) is 14.9. The molecule has 0 aliphatic carbocycles. The molecule has 0 amide bonds. The number of aliphatic hydroxyl groups is 2. The molecule has 1 aliphatic heterocycles. The number of unbranched alkanes of at least 4 members (excludes halogenated alkanes) is 29. The minimum absolute atomic E-state index is 0.0470. The van der Waals surface area contributed by atoms with Gasteiger partial charge in [-0.3, -0.25) is 14.4 Å². The average molecular weight is 1170 g/mol. The quantitative estimate of drug-likeness (QED) is 0.0228. The molecule has 0 bridgehead atoms. The number of aliphatic carboxylic acids is 1. The Morgan fingerprint density at radius 2 is 0.759 bits per heavy atom. The number of carboxylic acids is 1. The Morgan fingerprint density at radius 3 is 1.19 bits per heavy atom. The van der Waals surface area contributed by atoms with Gasteiger partial charge in [-0.25, -0.2) is 4.79 Å². The van der Waals surface area contributed by atoms with Crippen molar-refractivity contribution in [3.63, 3.8) is 0 Å². The maximum absolute atomic E-state index is 13.2. The standard InChI is InChI=1S/C71H120O12/c1-4-7-10-13-16-19-22-25-28-30-32-34-37-39-42-45-48-51-54-57-63(72)79-60-62(81-64(73)58-55-52-49-46-43-41-38-35-33-31-29-26-23-20-17-14-11-8-5-2)61-80-71-69(67(76)66(75)68(83-71)70(77)78)82-65(74)59-56-53-50-47-44-40-36-27-24-21-18-15-12-9-6-3/h7,10,16-17,19-20,25-29,32,34,36,62,66-69,71,75-76H,4-6,8-9,11-15,18,21-24,30-31,33,35,37-61H2,1-3H3,(H,77,78)/b10-7-,19-16-,20-17-,28-25-,29-26-,34-32-,36-27-. The van der Waals surface area contributed by atoms with Crippen molar-refractivity contribution >= 4 is 23.9 Å². The summed E-state index contributed by atoms with van der Waals surface area (Å²) in [4.78, 5) is 51.4. The SMILES string of the molecule is CC/C=C\C/C=C\C/C=C\C/C=C\CCCCCCCCC(=O)OCC(COC1OC(C(=O)O)C(O)C(O)C1OC(=O)CCCCCCC/C=C\CCCCCCCC)OC(=O)CCCCCCCCCCC/C=C\C/C=C\CCCCC. The molecule has 0 saturated carbocycles. The molecular weight excluding hydrogens is 1040 g/mol. The van der Waals surface area contributed by atoms with E-state index in [9.17, 15) is 34.5 Å². The fraction of sp³-hybridized carbons (Fsp3) is 0.746. The number of carbonyl (C=O) groups is 4. The number of hydrogen-bond donors (Lipinski definition) is 3. The number of allylic oxidation sites excluding steroid dienone is 14. The third-order valence-corrected chi connectivity index (χ3v) is 14.9. The second kappa shape index (κ2) is 58.3. The number of rotatable bonds is 57. The molecular formula is C71H120O12. The molecule has 12 heteroatoms. The topological polar surface area (TPSA) is 175 Å². The van der Waals surface area contributed by atoms with Crippen molar-refractivity contribution in [2.75, 3.05) is 13.2 Å². The molecule has 1 aliphatic rings. The first-order valence-electron chi connectivity index (χ1n) is 33.6.